The van der Waals surface area contributed by atoms with Gasteiger partial charge in [-0.05, 0) is 24.3 Å². The summed E-state index contributed by atoms with van der Waals surface area (Å²) in [5.41, 5.74) is 3.23. The lowest BCUT2D eigenvalue weighted by atomic mass is 10.2. The van der Waals surface area contributed by atoms with Gasteiger partial charge in [-0.25, -0.2) is 4.98 Å². The van der Waals surface area contributed by atoms with E-state index in [1.807, 2.05) is 30.3 Å². The topological polar surface area (TPSA) is 66.9 Å². The molecule has 0 spiro atoms. The summed E-state index contributed by atoms with van der Waals surface area (Å²) in [5, 5.41) is 3.01. The Kier molecular flexibility index (Phi) is 5.50. The number of pyridine rings is 1. The van der Waals surface area contributed by atoms with Gasteiger partial charge in [0.25, 0.3) is 5.91 Å². The standard InChI is InChI=1S/C20H24N4O3/c25-20(18-6-5-16(15-21-18)23-7-11-26-12-8-23)22-17-3-1-2-4-19(17)24-9-13-27-14-10-24/h1-6,15H,7-14H2,(H,22,25). The number of hydrogen-bond donors (Lipinski definition) is 1. The van der Waals surface area contributed by atoms with E-state index in [-0.39, 0.29) is 5.91 Å². The van der Waals surface area contributed by atoms with Crippen molar-refractivity contribution in [3.8, 4) is 0 Å². The number of nitrogens with one attached hydrogen (secondary N) is 1. The van der Waals surface area contributed by atoms with Gasteiger partial charge in [0.05, 0.1) is 49.7 Å². The predicted octanol–water partition coefficient (Wildman–Crippen LogP) is 2.01. The Morgan fingerprint density at radius 2 is 1.56 bits per heavy atom. The molecule has 2 saturated heterocycles. The van der Waals surface area contributed by atoms with E-state index in [0.717, 1.165) is 56.5 Å². The minimum atomic E-state index is -0.204. The van der Waals surface area contributed by atoms with Gasteiger partial charge in [-0.3, -0.25) is 4.79 Å². The number of nitrogens with zero attached hydrogens (tertiary/aromatic N) is 3. The largest absolute Gasteiger partial charge is 0.378 e. The van der Waals surface area contributed by atoms with Crippen molar-refractivity contribution >= 4 is 23.0 Å². The molecule has 1 amide bonds. The molecule has 2 aliphatic rings. The monoisotopic (exact) mass is 368 g/mol. The fraction of sp³-hybridized carbons (Fsp3) is 0.400. The zero-order valence-corrected chi connectivity index (χ0v) is 15.3. The van der Waals surface area contributed by atoms with Gasteiger partial charge in [0.1, 0.15) is 5.69 Å². The van der Waals surface area contributed by atoms with Gasteiger partial charge in [0.15, 0.2) is 0 Å². The van der Waals surface area contributed by atoms with E-state index >= 15 is 0 Å². The molecule has 0 bridgehead atoms. The molecule has 4 rings (SSSR count). The molecule has 2 aliphatic heterocycles. The minimum absolute atomic E-state index is 0.204. The smallest absolute Gasteiger partial charge is 0.274 e. The van der Waals surface area contributed by atoms with Crippen LogP contribution in [-0.2, 0) is 9.47 Å². The summed E-state index contributed by atoms with van der Waals surface area (Å²) in [5.74, 6) is -0.204. The van der Waals surface area contributed by atoms with E-state index in [1.165, 1.54) is 0 Å². The third-order valence-electron chi connectivity index (χ3n) is 4.86. The number of aromatic nitrogens is 1. The molecule has 7 heteroatoms. The van der Waals surface area contributed by atoms with Crippen LogP contribution >= 0.6 is 0 Å². The van der Waals surface area contributed by atoms with Gasteiger partial charge in [-0.15, -0.1) is 0 Å². The number of carbonyl (C=O) groups is 1. The Balaban J connectivity index is 1.46. The number of carbonyl (C=O) groups excluding carboxylic acids is 1. The zero-order chi connectivity index (χ0) is 18.5. The Morgan fingerprint density at radius 3 is 2.22 bits per heavy atom. The lowest BCUT2D eigenvalue weighted by Crippen LogP contribution is -2.36. The molecule has 2 aromatic rings. The molecule has 3 heterocycles. The SMILES string of the molecule is O=C(Nc1ccccc1N1CCOCC1)c1ccc(N2CCOCC2)cn1. The number of para-hydroxylation sites is 2. The Bertz CT molecular complexity index is 769. The fourth-order valence-electron chi connectivity index (χ4n) is 3.37. The molecule has 0 saturated carbocycles. The Morgan fingerprint density at radius 1 is 0.889 bits per heavy atom. The van der Waals surface area contributed by atoms with Crippen molar-refractivity contribution in [1.82, 2.24) is 4.98 Å². The molecule has 0 unspecified atom stereocenters. The summed E-state index contributed by atoms with van der Waals surface area (Å²) in [6, 6.07) is 11.6. The zero-order valence-electron chi connectivity index (χ0n) is 15.3. The van der Waals surface area contributed by atoms with Crippen LogP contribution < -0.4 is 15.1 Å². The van der Waals surface area contributed by atoms with Crippen LogP contribution in [0.25, 0.3) is 0 Å². The van der Waals surface area contributed by atoms with Gasteiger partial charge >= 0.3 is 0 Å². The number of anilines is 3. The van der Waals surface area contributed by atoms with Crippen LogP contribution in [0.15, 0.2) is 42.6 Å². The van der Waals surface area contributed by atoms with Crippen LogP contribution in [0.3, 0.4) is 0 Å². The molecule has 1 N–H and O–H groups in total. The summed E-state index contributed by atoms with van der Waals surface area (Å²) in [6.45, 7) is 6.18. The molecular formula is C20H24N4O3. The number of amides is 1. The summed E-state index contributed by atoms with van der Waals surface area (Å²) in [7, 11) is 0. The summed E-state index contributed by atoms with van der Waals surface area (Å²) in [4.78, 5) is 21.5. The maximum atomic E-state index is 12.7. The minimum Gasteiger partial charge on any atom is -0.378 e. The van der Waals surface area contributed by atoms with Crippen molar-refractivity contribution in [2.24, 2.45) is 0 Å². The van der Waals surface area contributed by atoms with Gasteiger partial charge in [-0.1, -0.05) is 12.1 Å². The molecule has 27 heavy (non-hydrogen) atoms. The van der Waals surface area contributed by atoms with Crippen molar-refractivity contribution < 1.29 is 14.3 Å². The molecule has 1 aromatic heterocycles. The maximum absolute atomic E-state index is 12.7. The first kappa shape index (κ1) is 17.8. The van der Waals surface area contributed by atoms with Crippen molar-refractivity contribution in [3.63, 3.8) is 0 Å². The summed E-state index contributed by atoms with van der Waals surface area (Å²) < 4.78 is 10.8. The quantitative estimate of drug-likeness (QED) is 0.891. The van der Waals surface area contributed by atoms with Crippen LogP contribution in [0.5, 0.6) is 0 Å². The first-order valence-electron chi connectivity index (χ1n) is 9.33. The molecule has 7 nitrogen and oxygen atoms in total. The highest BCUT2D eigenvalue weighted by atomic mass is 16.5. The summed E-state index contributed by atoms with van der Waals surface area (Å²) in [6.07, 6.45) is 1.76. The second kappa shape index (κ2) is 8.37. The molecule has 0 radical (unpaired) electrons. The summed E-state index contributed by atoms with van der Waals surface area (Å²) >= 11 is 0. The van der Waals surface area contributed by atoms with Gasteiger partial charge in [0.2, 0.25) is 0 Å². The first-order valence-corrected chi connectivity index (χ1v) is 9.33. The average molecular weight is 368 g/mol. The molecule has 1 aromatic carbocycles. The van der Waals surface area contributed by atoms with Crippen molar-refractivity contribution in [2.45, 2.75) is 0 Å². The number of benzene rings is 1. The third-order valence-corrected chi connectivity index (χ3v) is 4.86. The van der Waals surface area contributed by atoms with Crippen molar-refractivity contribution in [2.75, 3.05) is 67.7 Å². The second-order valence-electron chi connectivity index (χ2n) is 6.57. The molecule has 2 fully saturated rings. The Hall–Kier alpha value is -2.64. The second-order valence-corrected chi connectivity index (χ2v) is 6.57. The third kappa shape index (κ3) is 4.20. The van der Waals surface area contributed by atoms with E-state index in [1.54, 1.807) is 12.3 Å². The highest BCUT2D eigenvalue weighted by Gasteiger charge is 2.17. The molecule has 0 aliphatic carbocycles. The fourth-order valence-corrected chi connectivity index (χ4v) is 3.37. The van der Waals surface area contributed by atoms with Crippen LogP contribution in [0, 0.1) is 0 Å². The lowest BCUT2D eigenvalue weighted by molar-refractivity contribution is 0.102. The normalized spacial score (nSPS) is 17.6. The van der Waals surface area contributed by atoms with Crippen molar-refractivity contribution in [3.05, 3.63) is 48.3 Å². The lowest BCUT2D eigenvalue weighted by Gasteiger charge is -2.30. The molecule has 142 valence electrons. The highest BCUT2D eigenvalue weighted by Crippen LogP contribution is 2.27. The van der Waals surface area contributed by atoms with Gasteiger partial charge in [-0.2, -0.15) is 0 Å². The number of rotatable bonds is 4. The highest BCUT2D eigenvalue weighted by molar-refractivity contribution is 6.04. The van der Waals surface area contributed by atoms with E-state index in [9.17, 15) is 4.79 Å². The predicted molar refractivity (Wildman–Crippen MR) is 105 cm³/mol. The number of morpholine rings is 2. The van der Waals surface area contributed by atoms with Crippen LogP contribution in [0.4, 0.5) is 17.1 Å². The molecule has 0 atom stereocenters. The first-order chi connectivity index (χ1) is 13.3. The van der Waals surface area contributed by atoms with Gasteiger partial charge in [0, 0.05) is 26.2 Å². The van der Waals surface area contributed by atoms with E-state index in [0.29, 0.717) is 18.9 Å². The number of hydrogen-bond acceptors (Lipinski definition) is 6. The van der Waals surface area contributed by atoms with Crippen LogP contribution in [0.1, 0.15) is 10.5 Å². The number of ether oxygens (including phenoxy) is 2. The Labute approximate surface area is 158 Å². The van der Waals surface area contributed by atoms with E-state index in [2.05, 4.69) is 20.1 Å². The van der Waals surface area contributed by atoms with E-state index < -0.39 is 0 Å². The van der Waals surface area contributed by atoms with E-state index in [4.69, 9.17) is 9.47 Å². The van der Waals surface area contributed by atoms with Gasteiger partial charge < -0.3 is 24.6 Å². The van der Waals surface area contributed by atoms with Crippen molar-refractivity contribution in [1.29, 1.82) is 0 Å². The maximum Gasteiger partial charge on any atom is 0.274 e. The van der Waals surface area contributed by atoms with Crippen LogP contribution in [0.2, 0.25) is 0 Å². The average Bonchev–Trinajstić information content (AvgIpc) is 2.75. The van der Waals surface area contributed by atoms with Crippen LogP contribution in [-0.4, -0.2) is 63.5 Å². The molecular weight excluding hydrogens is 344 g/mol.